The summed E-state index contributed by atoms with van der Waals surface area (Å²) in [5, 5.41) is 3.46. The van der Waals surface area contributed by atoms with Crippen LogP contribution < -0.4 is 5.32 Å². The average molecular weight is 275 g/mol. The van der Waals surface area contributed by atoms with Gasteiger partial charge in [0, 0.05) is 58.5 Å². The zero-order valence-corrected chi connectivity index (χ0v) is 12.3. The van der Waals surface area contributed by atoms with E-state index < -0.39 is 0 Å². The van der Waals surface area contributed by atoms with Crippen LogP contribution in [0.2, 0.25) is 0 Å². The van der Waals surface area contributed by atoms with Gasteiger partial charge in [-0.2, -0.15) is 0 Å². The summed E-state index contributed by atoms with van der Waals surface area (Å²) in [6.45, 7) is 7.73. The molecule has 3 rings (SSSR count). The van der Waals surface area contributed by atoms with E-state index in [1.54, 1.807) is 7.11 Å². The van der Waals surface area contributed by atoms with Gasteiger partial charge < -0.3 is 10.1 Å². The minimum Gasteiger partial charge on any atom is -0.383 e. The van der Waals surface area contributed by atoms with Crippen LogP contribution in [-0.4, -0.2) is 68.3 Å². The van der Waals surface area contributed by atoms with Gasteiger partial charge in [-0.25, -0.2) is 0 Å². The van der Waals surface area contributed by atoms with Crippen LogP contribution in [0.4, 0.5) is 0 Å². The summed E-state index contributed by atoms with van der Waals surface area (Å²) in [5.41, 5.74) is 1.42. The molecule has 0 radical (unpaired) electrons. The Hall–Kier alpha value is -0.940. The lowest BCUT2D eigenvalue weighted by atomic mass is 9.98. The fraction of sp³-hybridized carbons (Fsp3) is 0.625. The lowest BCUT2D eigenvalue weighted by Crippen LogP contribution is -2.68. The maximum absolute atomic E-state index is 5.27. The third-order valence-electron chi connectivity index (χ3n) is 4.52. The second-order valence-corrected chi connectivity index (χ2v) is 5.84. The van der Waals surface area contributed by atoms with Gasteiger partial charge in [0.1, 0.15) is 0 Å². The summed E-state index contributed by atoms with van der Waals surface area (Å²) in [6.07, 6.45) is 0. The molecule has 1 aromatic rings. The van der Waals surface area contributed by atoms with E-state index in [1.165, 1.54) is 31.7 Å². The largest absolute Gasteiger partial charge is 0.383 e. The van der Waals surface area contributed by atoms with E-state index in [9.17, 15) is 0 Å². The Labute approximate surface area is 121 Å². The molecule has 2 aliphatic rings. The van der Waals surface area contributed by atoms with E-state index in [1.807, 2.05) is 0 Å². The van der Waals surface area contributed by atoms with Gasteiger partial charge in [-0.3, -0.25) is 9.80 Å². The number of nitrogens with one attached hydrogen (secondary N) is 1. The van der Waals surface area contributed by atoms with Gasteiger partial charge in [0.2, 0.25) is 0 Å². The molecule has 0 aliphatic carbocycles. The Morgan fingerprint density at radius 2 is 1.90 bits per heavy atom. The van der Waals surface area contributed by atoms with Crippen LogP contribution in [0, 0.1) is 0 Å². The number of hydrogen-bond donors (Lipinski definition) is 1. The minimum atomic E-state index is 0.528. The third-order valence-corrected chi connectivity index (χ3v) is 4.52. The van der Waals surface area contributed by atoms with Gasteiger partial charge in [-0.15, -0.1) is 0 Å². The van der Waals surface area contributed by atoms with Crippen molar-refractivity contribution in [3.05, 3.63) is 35.9 Å². The summed E-state index contributed by atoms with van der Waals surface area (Å²) in [7, 11) is 1.79. The summed E-state index contributed by atoms with van der Waals surface area (Å²) in [6, 6.07) is 12.0. The molecular weight excluding hydrogens is 250 g/mol. The predicted molar refractivity (Wildman–Crippen MR) is 80.7 cm³/mol. The average Bonchev–Trinajstić information content (AvgIpc) is 2.47. The van der Waals surface area contributed by atoms with E-state index in [4.69, 9.17) is 4.74 Å². The first-order chi connectivity index (χ1) is 9.86. The first-order valence-electron chi connectivity index (χ1n) is 7.59. The molecule has 2 saturated heterocycles. The Morgan fingerprint density at radius 1 is 1.15 bits per heavy atom. The predicted octanol–water partition coefficient (Wildman–Crippen LogP) is 0.791. The van der Waals surface area contributed by atoms with Crippen LogP contribution in [0.5, 0.6) is 0 Å². The summed E-state index contributed by atoms with van der Waals surface area (Å²) < 4.78 is 5.27. The third kappa shape index (κ3) is 3.20. The fourth-order valence-corrected chi connectivity index (χ4v) is 3.22. The van der Waals surface area contributed by atoms with Gasteiger partial charge in [0.25, 0.3) is 0 Å². The van der Waals surface area contributed by atoms with E-state index >= 15 is 0 Å². The molecule has 2 unspecified atom stereocenters. The van der Waals surface area contributed by atoms with Crippen molar-refractivity contribution in [2.45, 2.75) is 18.6 Å². The topological polar surface area (TPSA) is 27.7 Å². The number of methoxy groups -OCH3 is 1. The van der Waals surface area contributed by atoms with Crippen molar-refractivity contribution in [1.29, 1.82) is 0 Å². The lowest BCUT2D eigenvalue weighted by molar-refractivity contribution is 0.0145. The molecular formula is C16H25N3O. The van der Waals surface area contributed by atoms with Crippen LogP contribution >= 0.6 is 0 Å². The van der Waals surface area contributed by atoms with E-state index in [0.717, 1.165) is 19.7 Å². The first kappa shape index (κ1) is 14.0. The zero-order chi connectivity index (χ0) is 13.8. The van der Waals surface area contributed by atoms with Crippen molar-refractivity contribution in [2.75, 3.05) is 46.4 Å². The van der Waals surface area contributed by atoms with Gasteiger partial charge in [0.15, 0.2) is 0 Å². The first-order valence-corrected chi connectivity index (χ1v) is 7.59. The van der Waals surface area contributed by atoms with Crippen molar-refractivity contribution in [2.24, 2.45) is 0 Å². The van der Waals surface area contributed by atoms with Crippen molar-refractivity contribution >= 4 is 0 Å². The Morgan fingerprint density at radius 3 is 2.50 bits per heavy atom. The Balaban J connectivity index is 1.45. The number of ether oxygens (including phenoxy) is 1. The Kier molecular flexibility index (Phi) is 4.68. The highest BCUT2D eigenvalue weighted by molar-refractivity contribution is 5.14. The Bertz CT molecular complexity index is 403. The van der Waals surface area contributed by atoms with E-state index in [-0.39, 0.29) is 0 Å². The molecule has 1 N–H and O–H groups in total. The molecule has 2 aliphatic heterocycles. The van der Waals surface area contributed by atoms with Crippen LogP contribution in [-0.2, 0) is 11.3 Å². The summed E-state index contributed by atoms with van der Waals surface area (Å²) >= 11 is 0. The molecule has 0 aromatic heterocycles. The molecule has 20 heavy (non-hydrogen) atoms. The number of benzene rings is 1. The lowest BCUT2D eigenvalue weighted by Gasteiger charge is -2.48. The smallest absolute Gasteiger partial charge is 0.0631 e. The molecule has 2 atom stereocenters. The van der Waals surface area contributed by atoms with Gasteiger partial charge >= 0.3 is 0 Å². The van der Waals surface area contributed by atoms with Crippen LogP contribution in [0.25, 0.3) is 0 Å². The number of nitrogens with zero attached hydrogens (tertiary/aromatic N) is 2. The second kappa shape index (κ2) is 6.68. The fourth-order valence-electron chi connectivity index (χ4n) is 3.22. The SMILES string of the molecule is COCC1NCC1N1CCN(Cc2ccccc2)CC1. The standard InChI is InChI=1S/C16H25N3O/c1-20-13-15-16(11-17-15)19-9-7-18(8-10-19)12-14-5-3-2-4-6-14/h2-6,15-17H,7-13H2,1H3. The highest BCUT2D eigenvalue weighted by atomic mass is 16.5. The molecule has 0 amide bonds. The molecule has 4 nitrogen and oxygen atoms in total. The van der Waals surface area contributed by atoms with Gasteiger partial charge in [0.05, 0.1) is 6.61 Å². The summed E-state index contributed by atoms with van der Waals surface area (Å²) in [4.78, 5) is 5.19. The van der Waals surface area contributed by atoms with Crippen LogP contribution in [0.15, 0.2) is 30.3 Å². The zero-order valence-electron chi connectivity index (χ0n) is 12.3. The van der Waals surface area contributed by atoms with Crippen molar-refractivity contribution in [3.8, 4) is 0 Å². The van der Waals surface area contributed by atoms with Crippen molar-refractivity contribution in [3.63, 3.8) is 0 Å². The monoisotopic (exact) mass is 275 g/mol. The van der Waals surface area contributed by atoms with E-state index in [2.05, 4.69) is 45.4 Å². The maximum atomic E-state index is 5.27. The molecule has 2 fully saturated rings. The highest BCUT2D eigenvalue weighted by Crippen LogP contribution is 2.16. The normalized spacial score (nSPS) is 28.2. The molecule has 2 heterocycles. The molecule has 4 heteroatoms. The van der Waals surface area contributed by atoms with Gasteiger partial charge in [-0.05, 0) is 5.56 Å². The number of piperazine rings is 1. The molecule has 0 saturated carbocycles. The molecule has 110 valence electrons. The summed E-state index contributed by atoms with van der Waals surface area (Å²) in [5.74, 6) is 0. The van der Waals surface area contributed by atoms with Crippen LogP contribution in [0.1, 0.15) is 5.56 Å². The quantitative estimate of drug-likeness (QED) is 0.860. The second-order valence-electron chi connectivity index (χ2n) is 5.84. The molecule has 0 bridgehead atoms. The van der Waals surface area contributed by atoms with Crippen molar-refractivity contribution < 1.29 is 4.74 Å². The van der Waals surface area contributed by atoms with Crippen LogP contribution in [0.3, 0.4) is 0 Å². The number of hydrogen-bond acceptors (Lipinski definition) is 4. The van der Waals surface area contributed by atoms with E-state index in [0.29, 0.717) is 12.1 Å². The molecule has 0 spiro atoms. The maximum Gasteiger partial charge on any atom is 0.0631 e. The van der Waals surface area contributed by atoms with Crippen molar-refractivity contribution in [1.82, 2.24) is 15.1 Å². The minimum absolute atomic E-state index is 0.528. The number of rotatable bonds is 5. The molecule has 1 aromatic carbocycles. The highest BCUT2D eigenvalue weighted by Gasteiger charge is 2.36. The van der Waals surface area contributed by atoms with Gasteiger partial charge in [-0.1, -0.05) is 30.3 Å².